The van der Waals surface area contributed by atoms with Gasteiger partial charge >= 0.3 is 0 Å². The summed E-state index contributed by atoms with van der Waals surface area (Å²) in [7, 11) is 1.67. The predicted octanol–water partition coefficient (Wildman–Crippen LogP) is 5.02. The lowest BCUT2D eigenvalue weighted by Crippen LogP contribution is -2.04. The minimum Gasteiger partial charge on any atom is -0.497 e. The summed E-state index contributed by atoms with van der Waals surface area (Å²) in [5.41, 5.74) is 8.73. The molecule has 2 aromatic heterocycles. The molecular weight excluding hydrogens is 612 g/mol. The molecule has 0 aliphatic heterocycles. The highest BCUT2D eigenvalue weighted by Crippen LogP contribution is 2.35. The Balaban J connectivity index is 1.72. The van der Waals surface area contributed by atoms with Crippen molar-refractivity contribution in [3.63, 3.8) is 0 Å². The van der Waals surface area contributed by atoms with Crippen LogP contribution in [0.25, 0.3) is 11.2 Å². The Hall–Kier alpha value is -1.60. The summed E-state index contributed by atoms with van der Waals surface area (Å²) in [6.45, 7) is 0.746. The highest BCUT2D eigenvalue weighted by molar-refractivity contribution is 14.1. The molecule has 0 bridgehead atoms. The summed E-state index contributed by atoms with van der Waals surface area (Å²) in [5.74, 6) is 1.21. The lowest BCUT2D eigenvalue weighted by atomic mass is 10.1. The van der Waals surface area contributed by atoms with Crippen molar-refractivity contribution in [2.45, 2.75) is 23.0 Å². The first-order chi connectivity index (χ1) is 14.0. The van der Waals surface area contributed by atoms with Crippen LogP contribution in [-0.4, -0.2) is 26.6 Å². The number of benzene rings is 2. The van der Waals surface area contributed by atoms with Gasteiger partial charge in [-0.15, -0.1) is 0 Å². The van der Waals surface area contributed by atoms with Gasteiger partial charge in [0, 0.05) is 18.6 Å². The topological polar surface area (TPSA) is 78.8 Å². The maximum atomic E-state index is 6.07. The molecule has 6 nitrogen and oxygen atoms in total. The van der Waals surface area contributed by atoms with E-state index in [1.54, 1.807) is 18.9 Å². The van der Waals surface area contributed by atoms with Crippen LogP contribution in [0.1, 0.15) is 5.56 Å². The number of methoxy groups -OCH3 is 1. The molecule has 9 heteroatoms. The van der Waals surface area contributed by atoms with Crippen molar-refractivity contribution in [2.24, 2.45) is 0 Å². The SMILES string of the molecule is COc1ccc(I)c(Sc2nc3c(N)ncnc3n2CCc2ccc(I)cc2)c1. The quantitative estimate of drug-likeness (QED) is 0.302. The number of aryl methyl sites for hydroxylation is 2. The normalized spacial score (nSPS) is 11.1. The first kappa shape index (κ1) is 20.7. The Kier molecular flexibility index (Phi) is 6.44. The lowest BCUT2D eigenvalue weighted by Gasteiger charge is -2.10. The van der Waals surface area contributed by atoms with E-state index in [-0.39, 0.29) is 0 Å². The monoisotopic (exact) mass is 629 g/mol. The molecule has 2 aromatic carbocycles. The van der Waals surface area contributed by atoms with Crippen molar-refractivity contribution in [1.29, 1.82) is 0 Å². The Morgan fingerprint density at radius 3 is 2.66 bits per heavy atom. The molecule has 0 aliphatic rings. The zero-order valence-electron chi connectivity index (χ0n) is 15.5. The molecule has 4 aromatic rings. The van der Waals surface area contributed by atoms with E-state index in [1.165, 1.54) is 15.5 Å². The van der Waals surface area contributed by atoms with Crippen molar-refractivity contribution < 1.29 is 4.74 Å². The van der Waals surface area contributed by atoms with Gasteiger partial charge in [0.25, 0.3) is 0 Å². The van der Waals surface area contributed by atoms with Crippen molar-refractivity contribution in [3.8, 4) is 5.75 Å². The van der Waals surface area contributed by atoms with Crippen LogP contribution in [0.4, 0.5) is 5.82 Å². The van der Waals surface area contributed by atoms with E-state index < -0.39 is 0 Å². The average molecular weight is 629 g/mol. The zero-order valence-corrected chi connectivity index (χ0v) is 20.6. The number of fused-ring (bicyclic) bond motifs is 1. The maximum Gasteiger partial charge on any atom is 0.175 e. The first-order valence-electron chi connectivity index (χ1n) is 8.77. The van der Waals surface area contributed by atoms with E-state index in [0.717, 1.165) is 38.0 Å². The summed E-state index contributed by atoms with van der Waals surface area (Å²) in [6, 6.07) is 14.6. The average Bonchev–Trinajstić information content (AvgIpc) is 3.08. The van der Waals surface area contributed by atoms with Gasteiger partial charge in [-0.05, 0) is 87.5 Å². The third-order valence-electron chi connectivity index (χ3n) is 4.40. The molecule has 2 heterocycles. The van der Waals surface area contributed by atoms with Crippen LogP contribution in [0.5, 0.6) is 5.75 Å². The third kappa shape index (κ3) is 4.61. The molecule has 0 radical (unpaired) electrons. The Morgan fingerprint density at radius 2 is 1.90 bits per heavy atom. The summed E-state index contributed by atoms with van der Waals surface area (Å²) >= 11 is 6.22. The smallest absolute Gasteiger partial charge is 0.175 e. The number of imidazole rings is 1. The number of nitrogens with two attached hydrogens (primary N) is 1. The van der Waals surface area contributed by atoms with Crippen LogP contribution in [0.3, 0.4) is 0 Å². The van der Waals surface area contributed by atoms with Crippen molar-refractivity contribution in [3.05, 3.63) is 61.5 Å². The molecule has 2 N–H and O–H groups in total. The van der Waals surface area contributed by atoms with E-state index in [0.29, 0.717) is 11.3 Å². The van der Waals surface area contributed by atoms with Crippen LogP contribution in [0.2, 0.25) is 0 Å². The van der Waals surface area contributed by atoms with E-state index in [9.17, 15) is 0 Å². The predicted molar refractivity (Wildman–Crippen MR) is 132 cm³/mol. The fourth-order valence-electron chi connectivity index (χ4n) is 2.89. The fraction of sp³-hybridized carbons (Fsp3) is 0.150. The molecular formula is C20H17I2N5OS. The molecule has 0 aliphatic carbocycles. The van der Waals surface area contributed by atoms with E-state index >= 15 is 0 Å². The molecule has 0 spiro atoms. The minimum atomic E-state index is 0.394. The minimum absolute atomic E-state index is 0.394. The third-order valence-corrected chi connectivity index (χ3v) is 7.48. The highest BCUT2D eigenvalue weighted by Gasteiger charge is 2.17. The zero-order chi connectivity index (χ0) is 20.4. The maximum absolute atomic E-state index is 6.07. The summed E-state index contributed by atoms with van der Waals surface area (Å²) in [4.78, 5) is 14.4. The molecule has 0 saturated carbocycles. The van der Waals surface area contributed by atoms with E-state index in [1.807, 2.05) is 18.2 Å². The van der Waals surface area contributed by atoms with Crippen LogP contribution in [0, 0.1) is 7.14 Å². The molecule has 4 rings (SSSR count). The molecule has 148 valence electrons. The Bertz CT molecular complexity index is 1160. The standard InChI is InChI=1S/C20H17I2N5OS/c1-28-14-6-7-15(22)16(10-14)29-20-26-17-18(23)24-11-25-19(17)27(20)9-8-12-2-4-13(21)5-3-12/h2-7,10-11H,8-9H2,1H3,(H2,23,24,25). The van der Waals surface area contributed by atoms with Crippen LogP contribution in [-0.2, 0) is 13.0 Å². The second-order valence-electron chi connectivity index (χ2n) is 6.25. The second-order valence-corrected chi connectivity index (χ2v) is 9.67. The number of nitrogen functional groups attached to an aromatic ring is 1. The largest absolute Gasteiger partial charge is 0.497 e. The van der Waals surface area contributed by atoms with E-state index in [2.05, 4.69) is 84.0 Å². The molecule has 0 unspecified atom stereocenters. The van der Waals surface area contributed by atoms with Crippen molar-refractivity contribution in [2.75, 3.05) is 12.8 Å². The molecule has 29 heavy (non-hydrogen) atoms. The van der Waals surface area contributed by atoms with Gasteiger partial charge in [0.2, 0.25) is 0 Å². The lowest BCUT2D eigenvalue weighted by molar-refractivity contribution is 0.413. The Labute approximate surface area is 200 Å². The number of anilines is 1. The molecule has 0 amide bonds. The second kappa shape index (κ2) is 9.04. The van der Waals surface area contributed by atoms with Crippen LogP contribution < -0.4 is 10.5 Å². The molecule has 0 atom stereocenters. The number of hydrogen-bond acceptors (Lipinski definition) is 6. The van der Waals surface area contributed by atoms with Gasteiger partial charge in [-0.25, -0.2) is 15.0 Å². The summed E-state index contributed by atoms with van der Waals surface area (Å²) in [6.07, 6.45) is 2.36. The van der Waals surface area contributed by atoms with Crippen LogP contribution in [0.15, 0.2) is 58.8 Å². The van der Waals surface area contributed by atoms with Gasteiger partial charge in [-0.2, -0.15) is 0 Å². The van der Waals surface area contributed by atoms with Gasteiger partial charge < -0.3 is 15.0 Å². The number of nitrogens with zero attached hydrogens (tertiary/aromatic N) is 4. The fourth-order valence-corrected chi connectivity index (χ4v) is 4.88. The number of aromatic nitrogens is 4. The number of ether oxygens (including phenoxy) is 1. The summed E-state index contributed by atoms with van der Waals surface area (Å²) in [5, 5.41) is 0.837. The van der Waals surface area contributed by atoms with Crippen LogP contribution >= 0.6 is 56.9 Å². The number of hydrogen-bond donors (Lipinski definition) is 1. The number of rotatable bonds is 6. The van der Waals surface area contributed by atoms with Gasteiger partial charge in [0.05, 0.1) is 7.11 Å². The van der Waals surface area contributed by atoms with E-state index in [4.69, 9.17) is 15.5 Å². The first-order valence-corrected chi connectivity index (χ1v) is 11.7. The highest BCUT2D eigenvalue weighted by atomic mass is 127. The van der Waals surface area contributed by atoms with Gasteiger partial charge in [0.1, 0.15) is 12.1 Å². The molecule has 0 saturated heterocycles. The van der Waals surface area contributed by atoms with Gasteiger partial charge in [-0.1, -0.05) is 23.9 Å². The summed E-state index contributed by atoms with van der Waals surface area (Å²) < 4.78 is 9.85. The number of halogens is 2. The molecule has 0 fully saturated rings. The van der Waals surface area contributed by atoms with Crippen molar-refractivity contribution >= 4 is 73.9 Å². The van der Waals surface area contributed by atoms with Crippen molar-refractivity contribution in [1.82, 2.24) is 19.5 Å². The van der Waals surface area contributed by atoms with Gasteiger partial charge in [-0.3, -0.25) is 0 Å². The Morgan fingerprint density at radius 1 is 1.10 bits per heavy atom. The van der Waals surface area contributed by atoms with Gasteiger partial charge in [0.15, 0.2) is 22.1 Å².